The van der Waals surface area contributed by atoms with E-state index in [1.54, 1.807) is 0 Å². The van der Waals surface area contributed by atoms with Gasteiger partial charge in [0.05, 0.1) is 5.36 Å². The molecule has 1 aliphatic heterocycles. The number of aryl methyl sites for hydroxylation is 3. The number of anilines is 1. The Bertz CT molecular complexity index is 1270. The maximum Gasteiger partial charge on any atom is 0.137 e. The van der Waals surface area contributed by atoms with Gasteiger partial charge < -0.3 is 9.73 Å². The number of nitrogens with zero attached hydrogens (tertiary/aromatic N) is 1. The van der Waals surface area contributed by atoms with Crippen molar-refractivity contribution in [2.45, 2.75) is 61.3 Å². The van der Waals surface area contributed by atoms with Crippen LogP contribution in [0, 0.1) is 13.8 Å². The van der Waals surface area contributed by atoms with Crippen molar-refractivity contribution in [3.05, 3.63) is 70.6 Å². The van der Waals surface area contributed by atoms with E-state index in [9.17, 15) is 0 Å². The minimum absolute atomic E-state index is 0.759. The van der Waals surface area contributed by atoms with Gasteiger partial charge in [-0.15, -0.1) is 0 Å². The van der Waals surface area contributed by atoms with Crippen LogP contribution in [-0.4, -0.2) is 13.1 Å². The van der Waals surface area contributed by atoms with Crippen LogP contribution < -0.4 is 10.7 Å². The van der Waals surface area contributed by atoms with E-state index in [4.69, 9.17) is 4.42 Å². The largest absolute Gasteiger partial charge is 0.456 e. The summed E-state index contributed by atoms with van der Waals surface area (Å²) in [5, 5.41) is 5.62. The maximum absolute atomic E-state index is 6.47. The Morgan fingerprint density at radius 2 is 1.58 bits per heavy atom. The zero-order chi connectivity index (χ0) is 24.0. The van der Waals surface area contributed by atoms with Crippen LogP contribution in [0.1, 0.15) is 57.7 Å². The second-order valence-corrected chi connectivity index (χ2v) is 8.50. The second kappa shape index (κ2) is 11.2. The fourth-order valence-electron chi connectivity index (χ4n) is 4.27. The van der Waals surface area contributed by atoms with E-state index in [2.05, 4.69) is 107 Å². The summed E-state index contributed by atoms with van der Waals surface area (Å²) in [5.41, 5.74) is 9.44. The molecule has 0 fully saturated rings. The predicted molar refractivity (Wildman–Crippen MR) is 143 cm³/mol. The average Bonchev–Trinajstić information content (AvgIpc) is 2.80. The maximum atomic E-state index is 6.47. The van der Waals surface area contributed by atoms with Gasteiger partial charge >= 0.3 is 0 Å². The van der Waals surface area contributed by atoms with Gasteiger partial charge in [0.1, 0.15) is 11.3 Å². The van der Waals surface area contributed by atoms with Crippen molar-refractivity contribution >= 4 is 16.7 Å². The summed E-state index contributed by atoms with van der Waals surface area (Å²) in [6, 6.07) is 17.5. The monoisotopic (exact) mass is 442 g/mol. The van der Waals surface area contributed by atoms with E-state index in [1.165, 1.54) is 34.2 Å². The predicted octanol–water partition coefficient (Wildman–Crippen LogP) is 8.15. The van der Waals surface area contributed by atoms with Gasteiger partial charge in [-0.1, -0.05) is 51.5 Å². The van der Waals surface area contributed by atoms with Crippen LogP contribution in [0.2, 0.25) is 0 Å². The molecule has 3 nitrogen and oxygen atoms in total. The molecule has 0 atom stereocenters. The molecule has 1 aliphatic carbocycles. The molecule has 0 saturated carbocycles. The smallest absolute Gasteiger partial charge is 0.137 e. The van der Waals surface area contributed by atoms with Crippen molar-refractivity contribution in [1.82, 2.24) is 0 Å². The lowest BCUT2D eigenvalue weighted by atomic mass is 9.88. The quantitative estimate of drug-likeness (QED) is 0.317. The van der Waals surface area contributed by atoms with Gasteiger partial charge in [0, 0.05) is 47.4 Å². The van der Waals surface area contributed by atoms with Gasteiger partial charge in [0.25, 0.3) is 0 Å². The van der Waals surface area contributed by atoms with Crippen LogP contribution in [0.4, 0.5) is 5.69 Å². The third kappa shape index (κ3) is 5.13. The molecule has 0 radical (unpaired) electrons. The summed E-state index contributed by atoms with van der Waals surface area (Å²) >= 11 is 0. The van der Waals surface area contributed by atoms with Crippen LogP contribution in [0.3, 0.4) is 0 Å². The number of hydrogen-bond donors (Lipinski definition) is 1. The molecule has 2 aromatic carbocycles. The molecule has 0 amide bonds. The Kier molecular flexibility index (Phi) is 8.32. The first kappa shape index (κ1) is 24.6. The van der Waals surface area contributed by atoms with E-state index in [0.717, 1.165) is 52.8 Å². The number of hydrogen-bond acceptors (Lipinski definition) is 3. The third-order valence-electron chi connectivity index (χ3n) is 5.75. The molecule has 0 spiro atoms. The lowest BCUT2D eigenvalue weighted by Crippen LogP contribution is -2.09. The van der Waals surface area contributed by atoms with Crippen molar-refractivity contribution < 1.29 is 4.42 Å². The van der Waals surface area contributed by atoms with Gasteiger partial charge in [-0.3, -0.25) is 4.99 Å². The van der Waals surface area contributed by atoms with E-state index in [1.807, 2.05) is 0 Å². The number of rotatable bonds is 5. The summed E-state index contributed by atoms with van der Waals surface area (Å²) in [6.07, 6.45) is 2.24. The molecule has 0 aromatic heterocycles. The van der Waals surface area contributed by atoms with E-state index in [0.29, 0.717) is 0 Å². The fraction of sp³-hybridized carbons (Fsp3) is 0.367. The van der Waals surface area contributed by atoms with Gasteiger partial charge in [0.2, 0.25) is 0 Å². The molecule has 2 aromatic rings. The SMILES string of the molecule is CCC.CCN=c1cc2oc3cc(NCC)c(C)cc3c(-c3ccccc3CC)c-2cc1C. The zero-order valence-corrected chi connectivity index (χ0v) is 21.3. The van der Waals surface area contributed by atoms with Crippen LogP contribution >= 0.6 is 0 Å². The molecule has 0 bridgehead atoms. The standard InChI is InChI=1S/C27H30N2O.C3H8/c1-6-19-11-9-10-12-20(19)27-21-13-17(4)23(28-7-2)15-25(21)30-26-16-24(29-8-3)18(5)14-22(26)27;1-3-2/h9-16,28H,6-8H2,1-5H3;3H2,1-2H3. The minimum Gasteiger partial charge on any atom is -0.456 e. The minimum atomic E-state index is 0.759. The highest BCUT2D eigenvalue weighted by atomic mass is 16.3. The van der Waals surface area contributed by atoms with Crippen LogP contribution in [0.25, 0.3) is 33.4 Å². The Morgan fingerprint density at radius 3 is 2.24 bits per heavy atom. The lowest BCUT2D eigenvalue weighted by molar-refractivity contribution is 0.618. The van der Waals surface area contributed by atoms with Gasteiger partial charge in [-0.05, 0) is 68.5 Å². The second-order valence-electron chi connectivity index (χ2n) is 8.50. The molecule has 0 unspecified atom stereocenters. The van der Waals surface area contributed by atoms with E-state index < -0.39 is 0 Å². The molecule has 3 heteroatoms. The summed E-state index contributed by atoms with van der Waals surface area (Å²) in [7, 11) is 0. The molecule has 4 rings (SSSR count). The van der Waals surface area contributed by atoms with Crippen LogP contribution in [0.5, 0.6) is 0 Å². The highest BCUT2D eigenvalue weighted by molar-refractivity contribution is 6.03. The highest BCUT2D eigenvalue weighted by Crippen LogP contribution is 2.42. The highest BCUT2D eigenvalue weighted by Gasteiger charge is 2.20. The molecule has 174 valence electrons. The molecular weight excluding hydrogens is 404 g/mol. The molecular formula is C30H38N2O. The molecule has 2 aliphatic rings. The first-order valence-corrected chi connectivity index (χ1v) is 12.3. The topological polar surface area (TPSA) is 37.5 Å². The molecule has 1 N–H and O–H groups in total. The van der Waals surface area contributed by atoms with Crippen molar-refractivity contribution in [1.29, 1.82) is 0 Å². The number of fused-ring (bicyclic) bond motifs is 2. The first-order valence-electron chi connectivity index (χ1n) is 12.3. The van der Waals surface area contributed by atoms with Gasteiger partial charge in [0.15, 0.2) is 0 Å². The summed E-state index contributed by atoms with van der Waals surface area (Å²) in [4.78, 5) is 4.66. The summed E-state index contributed by atoms with van der Waals surface area (Å²) in [5.74, 6) is 0.882. The zero-order valence-electron chi connectivity index (χ0n) is 21.3. The normalized spacial score (nSPS) is 11.5. The Balaban J connectivity index is 0.000000968. The van der Waals surface area contributed by atoms with Crippen molar-refractivity contribution in [2.24, 2.45) is 4.99 Å². The first-order chi connectivity index (χ1) is 16.0. The summed E-state index contributed by atoms with van der Waals surface area (Å²) < 4.78 is 6.47. The van der Waals surface area contributed by atoms with Gasteiger partial charge in [-0.25, -0.2) is 0 Å². The van der Waals surface area contributed by atoms with Crippen LogP contribution in [-0.2, 0) is 6.42 Å². The number of nitrogens with one attached hydrogen (secondary N) is 1. The van der Waals surface area contributed by atoms with Crippen LogP contribution in [0.15, 0.2) is 57.9 Å². The summed E-state index contributed by atoms with van der Waals surface area (Å²) in [6.45, 7) is 16.6. The Labute approximate surface area is 198 Å². The van der Waals surface area contributed by atoms with Crippen molar-refractivity contribution in [3.63, 3.8) is 0 Å². The Morgan fingerprint density at radius 1 is 0.848 bits per heavy atom. The fourth-order valence-corrected chi connectivity index (χ4v) is 4.27. The molecule has 1 heterocycles. The lowest BCUT2D eigenvalue weighted by Gasteiger charge is -2.20. The molecule has 33 heavy (non-hydrogen) atoms. The molecule has 0 saturated heterocycles. The van der Waals surface area contributed by atoms with E-state index in [-0.39, 0.29) is 0 Å². The Hall–Kier alpha value is -3.07. The number of benzene rings is 3. The third-order valence-corrected chi connectivity index (χ3v) is 5.75. The average molecular weight is 443 g/mol. The van der Waals surface area contributed by atoms with Crippen molar-refractivity contribution in [3.8, 4) is 22.5 Å². The van der Waals surface area contributed by atoms with E-state index >= 15 is 0 Å². The van der Waals surface area contributed by atoms with Gasteiger partial charge in [-0.2, -0.15) is 0 Å². The van der Waals surface area contributed by atoms with Crippen molar-refractivity contribution in [2.75, 3.05) is 18.4 Å².